The van der Waals surface area contributed by atoms with Crippen LogP contribution < -0.4 is 0 Å². The van der Waals surface area contributed by atoms with Crippen molar-refractivity contribution in [1.82, 2.24) is 9.29 Å². The smallest absolute Gasteiger partial charge is 0.211 e. The van der Waals surface area contributed by atoms with Gasteiger partial charge in [0.15, 0.2) is 0 Å². The molecule has 2 rings (SSSR count). The minimum Gasteiger partial charge on any atom is -0.249 e. The van der Waals surface area contributed by atoms with Gasteiger partial charge in [0.05, 0.1) is 11.3 Å². The van der Waals surface area contributed by atoms with Gasteiger partial charge in [0.2, 0.25) is 10.0 Å². The van der Waals surface area contributed by atoms with E-state index in [1.54, 1.807) is 15.6 Å². The van der Waals surface area contributed by atoms with Gasteiger partial charge < -0.3 is 0 Å². The summed E-state index contributed by atoms with van der Waals surface area (Å²) in [6, 6.07) is 0. The Morgan fingerprint density at radius 3 is 2.60 bits per heavy atom. The van der Waals surface area contributed by atoms with Crippen LogP contribution in [-0.4, -0.2) is 37.1 Å². The van der Waals surface area contributed by atoms with Crippen LogP contribution in [0.15, 0.2) is 11.6 Å². The minimum atomic E-state index is -3.00. The Morgan fingerprint density at radius 1 is 1.47 bits per heavy atom. The SMILES string of the molecule is CS(=O)(=O)N1CCC(c2nccs2)CC1. The van der Waals surface area contributed by atoms with Crippen molar-refractivity contribution >= 4 is 21.4 Å². The van der Waals surface area contributed by atoms with Crippen LogP contribution in [0.3, 0.4) is 0 Å². The fraction of sp³-hybridized carbons (Fsp3) is 0.667. The normalized spacial score (nSPS) is 20.6. The van der Waals surface area contributed by atoms with E-state index in [1.165, 1.54) is 6.26 Å². The molecule has 0 unspecified atom stereocenters. The van der Waals surface area contributed by atoms with E-state index in [2.05, 4.69) is 4.98 Å². The molecule has 2 heterocycles. The largest absolute Gasteiger partial charge is 0.249 e. The highest BCUT2D eigenvalue weighted by molar-refractivity contribution is 7.88. The van der Waals surface area contributed by atoms with Gasteiger partial charge in [-0.25, -0.2) is 17.7 Å². The summed E-state index contributed by atoms with van der Waals surface area (Å²) in [5, 5.41) is 3.11. The molecule has 1 fully saturated rings. The molecule has 1 aliphatic rings. The Labute approximate surface area is 94.0 Å². The second-order valence-electron chi connectivity index (χ2n) is 3.81. The molecule has 0 amide bonds. The fourth-order valence-corrected chi connectivity index (χ4v) is 3.56. The number of rotatable bonds is 2. The first-order chi connectivity index (χ1) is 7.07. The average Bonchev–Trinajstić information content (AvgIpc) is 2.69. The fourth-order valence-electron chi connectivity index (χ4n) is 1.87. The van der Waals surface area contributed by atoms with E-state index in [0.717, 1.165) is 17.8 Å². The zero-order valence-corrected chi connectivity index (χ0v) is 10.2. The van der Waals surface area contributed by atoms with E-state index in [-0.39, 0.29) is 0 Å². The summed E-state index contributed by atoms with van der Waals surface area (Å²) in [5.74, 6) is 0.447. The summed E-state index contributed by atoms with van der Waals surface area (Å²) < 4.78 is 24.1. The average molecular weight is 246 g/mol. The van der Waals surface area contributed by atoms with Crippen molar-refractivity contribution in [2.75, 3.05) is 19.3 Å². The minimum absolute atomic E-state index is 0.447. The van der Waals surface area contributed by atoms with Gasteiger partial charge in [-0.3, -0.25) is 0 Å². The van der Waals surface area contributed by atoms with Crippen LogP contribution in [0.4, 0.5) is 0 Å². The number of hydrogen-bond acceptors (Lipinski definition) is 4. The molecule has 0 radical (unpaired) electrons. The van der Waals surface area contributed by atoms with Crippen molar-refractivity contribution in [3.05, 3.63) is 16.6 Å². The molecular formula is C9H14N2O2S2. The zero-order chi connectivity index (χ0) is 10.9. The summed E-state index contributed by atoms with van der Waals surface area (Å²) in [6.07, 6.45) is 4.86. The van der Waals surface area contributed by atoms with Gasteiger partial charge in [-0.2, -0.15) is 0 Å². The highest BCUT2D eigenvalue weighted by atomic mass is 32.2. The van der Waals surface area contributed by atoms with Crippen molar-refractivity contribution in [1.29, 1.82) is 0 Å². The highest BCUT2D eigenvalue weighted by Gasteiger charge is 2.26. The van der Waals surface area contributed by atoms with E-state index in [4.69, 9.17) is 0 Å². The molecule has 4 nitrogen and oxygen atoms in total. The standard InChI is InChI=1S/C9H14N2O2S2/c1-15(12,13)11-5-2-8(3-6-11)9-10-4-7-14-9/h4,7-8H,2-3,5-6H2,1H3. The van der Waals surface area contributed by atoms with Gasteiger partial charge in [0.1, 0.15) is 0 Å². The second-order valence-corrected chi connectivity index (χ2v) is 6.72. The Hall–Kier alpha value is -0.460. The van der Waals surface area contributed by atoms with Crippen LogP contribution >= 0.6 is 11.3 Å². The first-order valence-electron chi connectivity index (χ1n) is 4.92. The van der Waals surface area contributed by atoms with Gasteiger partial charge >= 0.3 is 0 Å². The summed E-state index contributed by atoms with van der Waals surface area (Å²) in [7, 11) is -3.00. The first kappa shape index (κ1) is 11.0. The molecular weight excluding hydrogens is 232 g/mol. The quantitative estimate of drug-likeness (QED) is 0.790. The molecule has 15 heavy (non-hydrogen) atoms. The molecule has 6 heteroatoms. The molecule has 0 aliphatic carbocycles. The van der Waals surface area contributed by atoms with Crippen LogP contribution in [0.25, 0.3) is 0 Å². The maximum absolute atomic E-state index is 11.3. The van der Waals surface area contributed by atoms with Gasteiger partial charge in [-0.15, -0.1) is 11.3 Å². The number of nitrogens with zero attached hydrogens (tertiary/aromatic N) is 2. The van der Waals surface area contributed by atoms with E-state index in [9.17, 15) is 8.42 Å². The van der Waals surface area contributed by atoms with E-state index >= 15 is 0 Å². The van der Waals surface area contributed by atoms with Gasteiger partial charge in [0.25, 0.3) is 0 Å². The van der Waals surface area contributed by atoms with Gasteiger partial charge in [0, 0.05) is 30.6 Å². The molecule has 1 aliphatic heterocycles. The Kier molecular flexibility index (Phi) is 3.08. The van der Waals surface area contributed by atoms with Crippen molar-refractivity contribution in [2.24, 2.45) is 0 Å². The Bertz CT molecular complexity index is 405. The zero-order valence-electron chi connectivity index (χ0n) is 8.59. The van der Waals surface area contributed by atoms with Crippen molar-refractivity contribution in [3.63, 3.8) is 0 Å². The monoisotopic (exact) mass is 246 g/mol. The molecule has 1 aromatic rings. The molecule has 0 aromatic carbocycles. The number of hydrogen-bond donors (Lipinski definition) is 0. The first-order valence-corrected chi connectivity index (χ1v) is 7.64. The van der Waals surface area contributed by atoms with Gasteiger partial charge in [-0.1, -0.05) is 0 Å². The lowest BCUT2D eigenvalue weighted by Crippen LogP contribution is -2.37. The lowest BCUT2D eigenvalue weighted by molar-refractivity contribution is 0.321. The van der Waals surface area contributed by atoms with Crippen LogP contribution in [0.5, 0.6) is 0 Å². The number of piperidine rings is 1. The Morgan fingerprint density at radius 2 is 2.13 bits per heavy atom. The van der Waals surface area contributed by atoms with Crippen molar-refractivity contribution < 1.29 is 8.42 Å². The summed E-state index contributed by atoms with van der Waals surface area (Å²) in [6.45, 7) is 1.26. The third-order valence-corrected chi connectivity index (χ3v) is 4.96. The van der Waals surface area contributed by atoms with Crippen LogP contribution in [-0.2, 0) is 10.0 Å². The third kappa shape index (κ3) is 2.56. The van der Waals surface area contributed by atoms with E-state index in [0.29, 0.717) is 19.0 Å². The number of sulfonamides is 1. The predicted octanol–water partition coefficient (Wildman–Crippen LogP) is 1.28. The molecule has 0 atom stereocenters. The predicted molar refractivity (Wildman–Crippen MR) is 60.5 cm³/mol. The van der Waals surface area contributed by atoms with E-state index in [1.807, 2.05) is 11.6 Å². The lowest BCUT2D eigenvalue weighted by atomic mass is 9.99. The molecule has 0 bridgehead atoms. The topological polar surface area (TPSA) is 50.3 Å². The summed E-state index contributed by atoms with van der Waals surface area (Å²) in [5.41, 5.74) is 0. The Balaban J connectivity index is 1.99. The highest BCUT2D eigenvalue weighted by Crippen LogP contribution is 2.29. The maximum Gasteiger partial charge on any atom is 0.211 e. The molecule has 0 spiro atoms. The molecule has 0 N–H and O–H groups in total. The van der Waals surface area contributed by atoms with Crippen LogP contribution in [0.2, 0.25) is 0 Å². The van der Waals surface area contributed by atoms with Crippen LogP contribution in [0, 0.1) is 0 Å². The number of aromatic nitrogens is 1. The second kappa shape index (κ2) is 4.19. The van der Waals surface area contributed by atoms with Crippen molar-refractivity contribution in [3.8, 4) is 0 Å². The van der Waals surface area contributed by atoms with Crippen molar-refractivity contribution in [2.45, 2.75) is 18.8 Å². The lowest BCUT2D eigenvalue weighted by Gasteiger charge is -2.28. The molecule has 1 aromatic heterocycles. The summed E-state index contributed by atoms with van der Waals surface area (Å²) in [4.78, 5) is 4.28. The molecule has 0 saturated carbocycles. The van der Waals surface area contributed by atoms with E-state index < -0.39 is 10.0 Å². The molecule has 1 saturated heterocycles. The summed E-state index contributed by atoms with van der Waals surface area (Å²) >= 11 is 1.66. The van der Waals surface area contributed by atoms with Crippen LogP contribution in [0.1, 0.15) is 23.8 Å². The third-order valence-electron chi connectivity index (χ3n) is 2.72. The maximum atomic E-state index is 11.3. The molecule has 84 valence electrons. The number of thiazole rings is 1. The van der Waals surface area contributed by atoms with Gasteiger partial charge in [-0.05, 0) is 12.8 Å².